The SMILES string of the molecule is Cc1ccccc1OCC(=O)N1CCOC(COCc2ccccc2F)C1. The van der Waals surface area contributed by atoms with Crippen molar-refractivity contribution in [3.63, 3.8) is 0 Å². The molecule has 0 saturated carbocycles. The molecule has 0 radical (unpaired) electrons. The zero-order valence-corrected chi connectivity index (χ0v) is 15.4. The maximum Gasteiger partial charge on any atom is 0.260 e. The lowest BCUT2D eigenvalue weighted by Crippen LogP contribution is -2.48. The van der Waals surface area contributed by atoms with E-state index >= 15 is 0 Å². The lowest BCUT2D eigenvalue weighted by atomic mass is 10.2. The molecular weight excluding hydrogens is 349 g/mol. The summed E-state index contributed by atoms with van der Waals surface area (Å²) < 4.78 is 30.5. The third-order valence-electron chi connectivity index (χ3n) is 4.46. The highest BCUT2D eigenvalue weighted by molar-refractivity contribution is 5.78. The first-order valence-electron chi connectivity index (χ1n) is 9.02. The van der Waals surface area contributed by atoms with Crippen LogP contribution in [-0.4, -0.2) is 49.8 Å². The summed E-state index contributed by atoms with van der Waals surface area (Å²) in [5.41, 5.74) is 1.50. The number of para-hydroxylation sites is 1. The van der Waals surface area contributed by atoms with E-state index in [1.54, 1.807) is 23.1 Å². The summed E-state index contributed by atoms with van der Waals surface area (Å²) in [6, 6.07) is 14.1. The van der Waals surface area contributed by atoms with Gasteiger partial charge >= 0.3 is 0 Å². The second-order valence-corrected chi connectivity index (χ2v) is 6.49. The van der Waals surface area contributed by atoms with Gasteiger partial charge in [-0.05, 0) is 24.6 Å². The van der Waals surface area contributed by atoms with Crippen molar-refractivity contribution in [2.24, 2.45) is 0 Å². The standard InChI is InChI=1S/C21H24FNO4/c1-16-6-2-5-9-20(16)27-15-21(24)23-10-11-26-18(12-23)14-25-13-17-7-3-4-8-19(17)22/h2-9,18H,10-15H2,1H3. The first-order chi connectivity index (χ1) is 13.1. The van der Waals surface area contributed by atoms with Crippen LogP contribution in [0.4, 0.5) is 4.39 Å². The van der Waals surface area contributed by atoms with E-state index < -0.39 is 0 Å². The molecule has 1 aliphatic rings. The van der Waals surface area contributed by atoms with Crippen molar-refractivity contribution >= 4 is 5.91 Å². The molecule has 27 heavy (non-hydrogen) atoms. The number of morpholine rings is 1. The number of aryl methyl sites for hydroxylation is 1. The maximum absolute atomic E-state index is 13.6. The zero-order valence-electron chi connectivity index (χ0n) is 15.4. The molecule has 1 unspecified atom stereocenters. The molecule has 0 N–H and O–H groups in total. The number of hydrogen-bond acceptors (Lipinski definition) is 4. The van der Waals surface area contributed by atoms with Crippen LogP contribution in [0.15, 0.2) is 48.5 Å². The summed E-state index contributed by atoms with van der Waals surface area (Å²) >= 11 is 0. The minimum Gasteiger partial charge on any atom is -0.484 e. The van der Waals surface area contributed by atoms with Gasteiger partial charge in [-0.1, -0.05) is 36.4 Å². The number of rotatable bonds is 7. The van der Waals surface area contributed by atoms with Crippen LogP contribution >= 0.6 is 0 Å². The number of hydrogen-bond donors (Lipinski definition) is 0. The Morgan fingerprint density at radius 2 is 2.00 bits per heavy atom. The largest absolute Gasteiger partial charge is 0.484 e. The van der Waals surface area contributed by atoms with Crippen molar-refractivity contribution in [1.29, 1.82) is 0 Å². The van der Waals surface area contributed by atoms with Crippen molar-refractivity contribution in [3.8, 4) is 5.75 Å². The predicted molar refractivity (Wildman–Crippen MR) is 99.1 cm³/mol. The van der Waals surface area contributed by atoms with Crippen LogP contribution in [0.5, 0.6) is 5.75 Å². The third-order valence-corrected chi connectivity index (χ3v) is 4.46. The zero-order chi connectivity index (χ0) is 19.1. The normalized spacial score (nSPS) is 17.0. The number of amides is 1. The third kappa shape index (κ3) is 5.52. The van der Waals surface area contributed by atoms with Crippen molar-refractivity contribution in [1.82, 2.24) is 4.90 Å². The van der Waals surface area contributed by atoms with Crippen molar-refractivity contribution in [2.45, 2.75) is 19.6 Å². The fourth-order valence-electron chi connectivity index (χ4n) is 2.91. The molecule has 0 aromatic heterocycles. The van der Waals surface area contributed by atoms with E-state index in [0.29, 0.717) is 37.6 Å². The van der Waals surface area contributed by atoms with Crippen LogP contribution < -0.4 is 4.74 Å². The minimum absolute atomic E-state index is 0.00629. The molecule has 6 heteroatoms. The molecule has 1 amide bonds. The molecule has 1 fully saturated rings. The van der Waals surface area contributed by atoms with E-state index in [2.05, 4.69) is 0 Å². The fourth-order valence-corrected chi connectivity index (χ4v) is 2.91. The van der Waals surface area contributed by atoms with Crippen LogP contribution in [0.1, 0.15) is 11.1 Å². The smallest absolute Gasteiger partial charge is 0.260 e. The second-order valence-electron chi connectivity index (χ2n) is 6.49. The van der Waals surface area contributed by atoms with E-state index in [0.717, 1.165) is 5.56 Å². The van der Waals surface area contributed by atoms with E-state index in [4.69, 9.17) is 14.2 Å². The Bertz CT molecular complexity index is 767. The summed E-state index contributed by atoms with van der Waals surface area (Å²) in [5, 5.41) is 0. The predicted octanol–water partition coefficient (Wildman–Crippen LogP) is 2.96. The van der Waals surface area contributed by atoms with Gasteiger partial charge in [0.15, 0.2) is 6.61 Å². The molecule has 144 valence electrons. The number of ether oxygens (including phenoxy) is 3. The second kappa shape index (κ2) is 9.48. The minimum atomic E-state index is -0.285. The van der Waals surface area contributed by atoms with Crippen molar-refractivity contribution in [3.05, 3.63) is 65.5 Å². The van der Waals surface area contributed by atoms with E-state index in [-0.39, 0.29) is 31.0 Å². The topological polar surface area (TPSA) is 48.0 Å². The van der Waals surface area contributed by atoms with Crippen LogP contribution in [-0.2, 0) is 20.9 Å². The monoisotopic (exact) mass is 373 g/mol. The number of nitrogens with zero attached hydrogens (tertiary/aromatic N) is 1. The van der Waals surface area contributed by atoms with E-state index in [1.165, 1.54) is 6.07 Å². The Kier molecular flexibility index (Phi) is 6.79. The van der Waals surface area contributed by atoms with E-state index in [1.807, 2.05) is 31.2 Å². The molecule has 3 rings (SSSR count). The fraction of sp³-hybridized carbons (Fsp3) is 0.381. The van der Waals surface area contributed by atoms with Gasteiger partial charge in [-0.15, -0.1) is 0 Å². The molecule has 0 spiro atoms. The first-order valence-corrected chi connectivity index (χ1v) is 9.02. The highest BCUT2D eigenvalue weighted by Gasteiger charge is 2.24. The van der Waals surface area contributed by atoms with Crippen LogP contribution in [0, 0.1) is 12.7 Å². The molecule has 2 aromatic carbocycles. The number of halogens is 1. The Morgan fingerprint density at radius 1 is 1.22 bits per heavy atom. The molecule has 1 atom stereocenters. The van der Waals surface area contributed by atoms with Crippen molar-refractivity contribution in [2.75, 3.05) is 32.9 Å². The molecule has 2 aromatic rings. The summed E-state index contributed by atoms with van der Waals surface area (Å²) in [6.45, 7) is 3.83. The van der Waals surface area contributed by atoms with Gasteiger partial charge in [0.1, 0.15) is 11.6 Å². The van der Waals surface area contributed by atoms with E-state index in [9.17, 15) is 9.18 Å². The molecule has 0 bridgehead atoms. The molecule has 1 saturated heterocycles. The lowest BCUT2D eigenvalue weighted by molar-refractivity contribution is -0.143. The summed E-state index contributed by atoms with van der Waals surface area (Å²) in [5.74, 6) is 0.344. The molecular formula is C21H24FNO4. The van der Waals surface area contributed by atoms with Gasteiger partial charge < -0.3 is 19.1 Å². The summed E-state index contributed by atoms with van der Waals surface area (Å²) in [6.07, 6.45) is -0.229. The van der Waals surface area contributed by atoms with Crippen LogP contribution in [0.2, 0.25) is 0 Å². The molecule has 1 aliphatic heterocycles. The Balaban J connectivity index is 1.44. The van der Waals surface area contributed by atoms with Gasteiger partial charge in [-0.3, -0.25) is 4.79 Å². The Labute approximate surface area is 158 Å². The highest BCUT2D eigenvalue weighted by atomic mass is 19.1. The average Bonchev–Trinajstić information content (AvgIpc) is 2.69. The molecule has 5 nitrogen and oxygen atoms in total. The van der Waals surface area contributed by atoms with Gasteiger partial charge in [0.2, 0.25) is 0 Å². The summed E-state index contributed by atoms with van der Waals surface area (Å²) in [7, 11) is 0. The van der Waals surface area contributed by atoms with Gasteiger partial charge in [0, 0.05) is 18.7 Å². The van der Waals surface area contributed by atoms with Gasteiger partial charge in [-0.2, -0.15) is 0 Å². The van der Waals surface area contributed by atoms with Gasteiger partial charge in [-0.25, -0.2) is 4.39 Å². The number of benzene rings is 2. The van der Waals surface area contributed by atoms with Crippen LogP contribution in [0.3, 0.4) is 0 Å². The molecule has 0 aliphatic carbocycles. The quantitative estimate of drug-likeness (QED) is 0.749. The Hall–Kier alpha value is -2.44. The highest BCUT2D eigenvalue weighted by Crippen LogP contribution is 2.16. The van der Waals surface area contributed by atoms with Crippen LogP contribution in [0.25, 0.3) is 0 Å². The number of carbonyl (C=O) groups excluding carboxylic acids is 1. The maximum atomic E-state index is 13.6. The lowest BCUT2D eigenvalue weighted by Gasteiger charge is -2.32. The average molecular weight is 373 g/mol. The molecule has 1 heterocycles. The van der Waals surface area contributed by atoms with Gasteiger partial charge in [0.05, 0.1) is 25.9 Å². The number of carbonyl (C=O) groups is 1. The Morgan fingerprint density at radius 3 is 2.81 bits per heavy atom. The summed E-state index contributed by atoms with van der Waals surface area (Å²) in [4.78, 5) is 14.1. The van der Waals surface area contributed by atoms with Gasteiger partial charge in [0.25, 0.3) is 5.91 Å². The van der Waals surface area contributed by atoms with Crippen molar-refractivity contribution < 1.29 is 23.4 Å². The first kappa shape index (κ1) is 19.3.